The van der Waals surface area contributed by atoms with E-state index in [4.69, 9.17) is 5.73 Å². The van der Waals surface area contributed by atoms with E-state index in [-0.39, 0.29) is 0 Å². The monoisotopic (exact) mass is 674 g/mol. The van der Waals surface area contributed by atoms with Crippen molar-refractivity contribution in [2.75, 3.05) is 10.6 Å². The van der Waals surface area contributed by atoms with Crippen LogP contribution in [-0.4, -0.2) is 0 Å². The molecule has 0 bridgehead atoms. The van der Waals surface area contributed by atoms with E-state index in [2.05, 4.69) is 187 Å². The maximum atomic E-state index is 6.43. The van der Waals surface area contributed by atoms with E-state index >= 15 is 0 Å². The van der Waals surface area contributed by atoms with Gasteiger partial charge < -0.3 is 10.6 Å². The van der Waals surface area contributed by atoms with Gasteiger partial charge in [0, 0.05) is 11.4 Å². The molecule has 0 saturated heterocycles. The van der Waals surface area contributed by atoms with E-state index in [9.17, 15) is 0 Å². The molecule has 1 aliphatic carbocycles. The molecule has 0 saturated carbocycles. The third kappa shape index (κ3) is 4.33. The Bertz CT molecular complexity index is 2760. The molecule has 9 aromatic rings. The molecule has 2 N–H and O–H groups in total. The van der Waals surface area contributed by atoms with E-state index in [1.165, 1.54) is 77.2 Å². The topological polar surface area (TPSA) is 29.3 Å². The first-order chi connectivity index (χ1) is 26.2. The van der Waals surface area contributed by atoms with Gasteiger partial charge in [-0.1, -0.05) is 140 Å². The number of benzene rings is 9. The summed E-state index contributed by atoms with van der Waals surface area (Å²) in [6.07, 6.45) is 0. The standard InChI is InChI=1S/C51H34N2/c52-41-14-9-15-42(32-41)53-49-18-7-5-16-45(49)51(46-17-6-8-19-50(46)53)47-30-39(37-22-20-33-10-1-3-12-35(33)28-37)24-26-43(47)44-27-25-40(31-48(44)51)38-23-21-34-11-2-4-13-36(34)29-38/h1-32H,52H2. The van der Waals surface area contributed by atoms with Gasteiger partial charge in [0.25, 0.3) is 0 Å². The molecular formula is C51H34N2. The van der Waals surface area contributed by atoms with Gasteiger partial charge in [0.05, 0.1) is 16.8 Å². The zero-order valence-electron chi connectivity index (χ0n) is 29.0. The van der Waals surface area contributed by atoms with E-state index in [0.29, 0.717) is 0 Å². The first-order valence-corrected chi connectivity index (χ1v) is 18.3. The number of rotatable bonds is 3. The lowest BCUT2D eigenvalue weighted by Gasteiger charge is -2.45. The predicted molar refractivity (Wildman–Crippen MR) is 222 cm³/mol. The Labute approximate surface area is 309 Å². The van der Waals surface area contributed by atoms with Crippen molar-refractivity contribution in [1.29, 1.82) is 0 Å². The third-order valence-electron chi connectivity index (χ3n) is 11.5. The van der Waals surface area contributed by atoms with Crippen LogP contribution in [0.25, 0.3) is 54.9 Å². The van der Waals surface area contributed by atoms with Crippen molar-refractivity contribution < 1.29 is 0 Å². The van der Waals surface area contributed by atoms with Crippen LogP contribution in [0.4, 0.5) is 22.7 Å². The van der Waals surface area contributed by atoms with Crippen molar-refractivity contribution in [2.45, 2.75) is 5.41 Å². The quantitative estimate of drug-likeness (QED) is 0.189. The van der Waals surface area contributed by atoms with Crippen LogP contribution >= 0.6 is 0 Å². The van der Waals surface area contributed by atoms with Crippen LogP contribution in [-0.2, 0) is 5.41 Å². The smallest absolute Gasteiger partial charge is 0.0754 e. The second kappa shape index (κ2) is 11.3. The minimum atomic E-state index is -0.575. The molecule has 53 heavy (non-hydrogen) atoms. The summed E-state index contributed by atoms with van der Waals surface area (Å²) >= 11 is 0. The molecule has 0 fully saturated rings. The molecule has 1 heterocycles. The molecule has 9 aromatic carbocycles. The molecule has 0 atom stereocenters. The van der Waals surface area contributed by atoms with Crippen LogP contribution in [0.15, 0.2) is 194 Å². The summed E-state index contributed by atoms with van der Waals surface area (Å²) in [5, 5.41) is 4.99. The summed E-state index contributed by atoms with van der Waals surface area (Å²) in [6.45, 7) is 0. The average Bonchev–Trinajstić information content (AvgIpc) is 3.50. The van der Waals surface area contributed by atoms with Gasteiger partial charge >= 0.3 is 0 Å². The first-order valence-electron chi connectivity index (χ1n) is 18.3. The fraction of sp³-hybridized carbons (Fsp3) is 0.0196. The highest BCUT2D eigenvalue weighted by molar-refractivity contribution is 5.98. The van der Waals surface area contributed by atoms with Crippen molar-refractivity contribution in [3.05, 3.63) is 216 Å². The fourth-order valence-corrected chi connectivity index (χ4v) is 9.19. The highest BCUT2D eigenvalue weighted by atomic mass is 15.2. The molecule has 11 rings (SSSR count). The Kier molecular flexibility index (Phi) is 6.35. The van der Waals surface area contributed by atoms with Gasteiger partial charge in [-0.05, 0) is 132 Å². The Balaban J connectivity index is 1.22. The molecule has 2 aliphatic rings. The van der Waals surface area contributed by atoms with Gasteiger partial charge in [-0.2, -0.15) is 0 Å². The van der Waals surface area contributed by atoms with E-state index in [1.54, 1.807) is 0 Å². The summed E-state index contributed by atoms with van der Waals surface area (Å²) in [6, 6.07) is 71.4. The molecule has 1 spiro atoms. The molecular weight excluding hydrogens is 641 g/mol. The van der Waals surface area contributed by atoms with Crippen LogP contribution in [0.1, 0.15) is 22.3 Å². The van der Waals surface area contributed by atoms with Crippen molar-refractivity contribution in [3.63, 3.8) is 0 Å². The number of fused-ring (bicyclic) bond motifs is 11. The lowest BCUT2D eigenvalue weighted by atomic mass is 9.64. The number of para-hydroxylation sites is 2. The maximum absolute atomic E-state index is 6.43. The number of hydrogen-bond acceptors (Lipinski definition) is 2. The molecule has 2 nitrogen and oxygen atoms in total. The maximum Gasteiger partial charge on any atom is 0.0754 e. The van der Waals surface area contributed by atoms with E-state index < -0.39 is 5.41 Å². The molecule has 0 radical (unpaired) electrons. The summed E-state index contributed by atoms with van der Waals surface area (Å²) in [5.41, 5.74) is 22.5. The van der Waals surface area contributed by atoms with Crippen LogP contribution in [0.2, 0.25) is 0 Å². The zero-order chi connectivity index (χ0) is 35.1. The summed E-state index contributed by atoms with van der Waals surface area (Å²) in [4.78, 5) is 2.39. The van der Waals surface area contributed by atoms with Gasteiger partial charge in [0.15, 0.2) is 0 Å². The minimum absolute atomic E-state index is 0.575. The molecule has 0 amide bonds. The lowest BCUT2D eigenvalue weighted by Crippen LogP contribution is -2.36. The van der Waals surface area contributed by atoms with Crippen molar-refractivity contribution in [1.82, 2.24) is 0 Å². The Morgan fingerprint density at radius 3 is 1.32 bits per heavy atom. The summed E-state index contributed by atoms with van der Waals surface area (Å²) < 4.78 is 0. The van der Waals surface area contributed by atoms with E-state index in [1.807, 2.05) is 12.1 Å². The van der Waals surface area contributed by atoms with E-state index in [0.717, 1.165) is 22.7 Å². The number of nitrogens with two attached hydrogens (primary N) is 1. The second-order valence-electron chi connectivity index (χ2n) is 14.4. The minimum Gasteiger partial charge on any atom is -0.399 e. The highest BCUT2D eigenvalue weighted by Gasteiger charge is 2.52. The normalized spacial score (nSPS) is 13.5. The Morgan fingerprint density at radius 1 is 0.340 bits per heavy atom. The predicted octanol–water partition coefficient (Wildman–Crippen LogP) is 13.1. The molecule has 0 aromatic heterocycles. The largest absolute Gasteiger partial charge is 0.399 e. The lowest BCUT2D eigenvalue weighted by molar-refractivity contribution is 0.753. The summed E-state index contributed by atoms with van der Waals surface area (Å²) in [5.74, 6) is 0. The molecule has 2 heteroatoms. The summed E-state index contributed by atoms with van der Waals surface area (Å²) in [7, 11) is 0. The Morgan fingerprint density at radius 2 is 0.792 bits per heavy atom. The van der Waals surface area contributed by atoms with Gasteiger partial charge in [-0.15, -0.1) is 0 Å². The van der Waals surface area contributed by atoms with Gasteiger partial charge in [-0.3, -0.25) is 0 Å². The number of nitrogen functional groups attached to an aromatic ring is 1. The number of anilines is 4. The average molecular weight is 675 g/mol. The Hall–Kier alpha value is -6.90. The van der Waals surface area contributed by atoms with Gasteiger partial charge in [0.2, 0.25) is 0 Å². The first kappa shape index (κ1) is 29.8. The fourth-order valence-electron chi connectivity index (χ4n) is 9.19. The number of nitrogens with zero attached hydrogens (tertiary/aromatic N) is 1. The van der Waals surface area contributed by atoms with Gasteiger partial charge in [0.1, 0.15) is 0 Å². The van der Waals surface area contributed by atoms with Crippen molar-refractivity contribution in [2.24, 2.45) is 0 Å². The van der Waals surface area contributed by atoms with Crippen LogP contribution in [0.5, 0.6) is 0 Å². The van der Waals surface area contributed by atoms with Gasteiger partial charge in [-0.25, -0.2) is 0 Å². The highest BCUT2D eigenvalue weighted by Crippen LogP contribution is 2.64. The van der Waals surface area contributed by atoms with Crippen molar-refractivity contribution in [3.8, 4) is 33.4 Å². The third-order valence-corrected chi connectivity index (χ3v) is 11.5. The zero-order valence-corrected chi connectivity index (χ0v) is 29.0. The van der Waals surface area contributed by atoms with Crippen molar-refractivity contribution >= 4 is 44.3 Å². The van der Waals surface area contributed by atoms with Crippen LogP contribution in [0.3, 0.4) is 0 Å². The second-order valence-corrected chi connectivity index (χ2v) is 14.4. The molecule has 1 aliphatic heterocycles. The molecule has 248 valence electrons. The molecule has 0 unspecified atom stereocenters. The number of hydrogen-bond donors (Lipinski definition) is 1. The van der Waals surface area contributed by atoms with Crippen LogP contribution < -0.4 is 10.6 Å². The SMILES string of the molecule is Nc1cccc(N2c3ccccc3C3(c4cc(-c5ccc6ccccc6c5)ccc4-c4ccc(-c5ccc6ccccc6c5)cc43)c3ccccc32)c1. The van der Waals surface area contributed by atoms with Crippen LogP contribution in [0, 0.1) is 0 Å².